The molecule has 210 valence electrons. The number of hydrogen-bond acceptors (Lipinski definition) is 7. The molecule has 0 aliphatic carbocycles. The summed E-state index contributed by atoms with van der Waals surface area (Å²) < 4.78 is 11.1. The minimum atomic E-state index is -0.949. The lowest BCUT2D eigenvalue weighted by Gasteiger charge is -2.23. The van der Waals surface area contributed by atoms with Crippen LogP contribution in [0.3, 0.4) is 0 Å². The molecule has 2 amide bonds. The van der Waals surface area contributed by atoms with Crippen LogP contribution in [0.4, 0.5) is 0 Å². The highest BCUT2D eigenvalue weighted by Crippen LogP contribution is 2.29. The highest BCUT2D eigenvalue weighted by atomic mass is 16.5. The minimum Gasteiger partial charge on any atom is -0.489 e. The minimum absolute atomic E-state index is 0.194. The van der Waals surface area contributed by atoms with Crippen LogP contribution in [0.2, 0.25) is 0 Å². The lowest BCUT2D eigenvalue weighted by atomic mass is 9.96. The third-order valence-corrected chi connectivity index (χ3v) is 6.91. The first kappa shape index (κ1) is 28.8. The number of benzene rings is 3. The van der Waals surface area contributed by atoms with Crippen molar-refractivity contribution in [2.75, 3.05) is 13.7 Å². The van der Waals surface area contributed by atoms with Gasteiger partial charge in [0, 0.05) is 12.8 Å². The molecule has 4 bridgehead atoms. The third-order valence-electron chi connectivity index (χ3n) is 6.91. The third kappa shape index (κ3) is 7.46. The van der Waals surface area contributed by atoms with E-state index < -0.39 is 35.9 Å². The van der Waals surface area contributed by atoms with Gasteiger partial charge >= 0.3 is 5.97 Å². The van der Waals surface area contributed by atoms with Gasteiger partial charge in [0.1, 0.15) is 24.4 Å². The average Bonchev–Trinajstić information content (AvgIpc) is 2.97. The average molecular weight is 545 g/mol. The molecule has 3 aromatic carbocycles. The highest BCUT2D eigenvalue weighted by Gasteiger charge is 2.29. The van der Waals surface area contributed by atoms with Crippen LogP contribution in [0, 0.1) is 0 Å². The zero-order valence-electron chi connectivity index (χ0n) is 22.6. The summed E-state index contributed by atoms with van der Waals surface area (Å²) in [6.07, 6.45) is 1.21. The molecule has 6 N–H and O–H groups in total. The van der Waals surface area contributed by atoms with Crippen LogP contribution >= 0.6 is 0 Å². The number of fused-ring (bicyclic) bond motifs is 5. The Labute approximate surface area is 234 Å². The molecule has 0 radical (unpaired) electrons. The Bertz CT molecular complexity index is 1330. The van der Waals surface area contributed by atoms with E-state index >= 15 is 0 Å². The van der Waals surface area contributed by atoms with Crippen LogP contribution in [0.15, 0.2) is 72.8 Å². The number of amides is 2. The number of methoxy groups -OCH3 is 1. The Morgan fingerprint density at radius 3 is 2.45 bits per heavy atom. The van der Waals surface area contributed by atoms with Crippen molar-refractivity contribution in [3.05, 3.63) is 89.5 Å². The van der Waals surface area contributed by atoms with E-state index in [0.717, 1.165) is 27.8 Å². The second-order valence-electron chi connectivity index (χ2n) is 9.89. The summed E-state index contributed by atoms with van der Waals surface area (Å²) >= 11 is 0. The lowest BCUT2D eigenvalue weighted by Crippen LogP contribution is -2.55. The van der Waals surface area contributed by atoms with Gasteiger partial charge in [-0.2, -0.15) is 0 Å². The van der Waals surface area contributed by atoms with Crippen molar-refractivity contribution in [2.24, 2.45) is 11.5 Å². The molecule has 0 spiro atoms. The maximum atomic E-state index is 13.3. The Balaban J connectivity index is 1.72. The van der Waals surface area contributed by atoms with Crippen LogP contribution in [0.25, 0.3) is 11.1 Å². The van der Waals surface area contributed by atoms with Crippen molar-refractivity contribution < 1.29 is 23.9 Å². The molecule has 1 aliphatic rings. The van der Waals surface area contributed by atoms with E-state index in [0.29, 0.717) is 31.7 Å². The molecular formula is C31H36N4O5. The van der Waals surface area contributed by atoms with Gasteiger partial charge in [-0.3, -0.25) is 9.59 Å². The highest BCUT2D eigenvalue weighted by molar-refractivity contribution is 5.92. The monoisotopic (exact) mass is 544 g/mol. The number of hydrogen-bond donors (Lipinski definition) is 4. The quantitative estimate of drug-likeness (QED) is 0.334. The molecule has 9 nitrogen and oxygen atoms in total. The summed E-state index contributed by atoms with van der Waals surface area (Å²) in [5, 5.41) is 5.52. The topological polar surface area (TPSA) is 146 Å². The first-order valence-electron chi connectivity index (χ1n) is 13.4. The van der Waals surface area contributed by atoms with Gasteiger partial charge in [-0.25, -0.2) is 4.79 Å². The molecule has 0 fully saturated rings. The summed E-state index contributed by atoms with van der Waals surface area (Å²) in [6.45, 7) is 0.703. The Kier molecular flexibility index (Phi) is 9.88. The number of nitrogens with one attached hydrogen (secondary N) is 2. The smallest absolute Gasteiger partial charge is 0.328 e. The van der Waals surface area contributed by atoms with Crippen molar-refractivity contribution in [1.29, 1.82) is 0 Å². The fraction of sp³-hybridized carbons (Fsp3) is 0.323. The van der Waals surface area contributed by atoms with Gasteiger partial charge in [0.05, 0.1) is 13.2 Å². The summed E-state index contributed by atoms with van der Waals surface area (Å²) in [7, 11) is 1.27. The van der Waals surface area contributed by atoms with E-state index in [9.17, 15) is 14.4 Å². The molecule has 3 atom stereocenters. The van der Waals surface area contributed by atoms with E-state index in [-0.39, 0.29) is 12.8 Å². The van der Waals surface area contributed by atoms with E-state index in [2.05, 4.69) is 10.6 Å². The van der Waals surface area contributed by atoms with Crippen LogP contribution in [0.5, 0.6) is 5.75 Å². The molecule has 4 rings (SSSR count). The molecule has 3 aromatic rings. The zero-order valence-corrected chi connectivity index (χ0v) is 22.6. The molecule has 1 aliphatic heterocycles. The van der Waals surface area contributed by atoms with Gasteiger partial charge in [-0.15, -0.1) is 0 Å². The van der Waals surface area contributed by atoms with Crippen molar-refractivity contribution in [2.45, 2.75) is 50.4 Å². The number of ether oxygens (including phenoxy) is 2. The van der Waals surface area contributed by atoms with Gasteiger partial charge < -0.3 is 31.6 Å². The maximum Gasteiger partial charge on any atom is 0.328 e. The first-order valence-corrected chi connectivity index (χ1v) is 13.4. The number of carbonyl (C=O) groups is 3. The second-order valence-corrected chi connectivity index (χ2v) is 9.89. The molecule has 0 saturated carbocycles. The molecule has 1 heterocycles. The van der Waals surface area contributed by atoms with Gasteiger partial charge in [-0.1, -0.05) is 60.7 Å². The molecular weight excluding hydrogens is 508 g/mol. The van der Waals surface area contributed by atoms with Crippen LogP contribution < -0.4 is 26.8 Å². The summed E-state index contributed by atoms with van der Waals surface area (Å²) in [5.41, 5.74) is 16.5. The molecule has 2 unspecified atom stereocenters. The van der Waals surface area contributed by atoms with Crippen molar-refractivity contribution in [3.63, 3.8) is 0 Å². The largest absolute Gasteiger partial charge is 0.489 e. The van der Waals surface area contributed by atoms with Crippen LogP contribution in [0.1, 0.15) is 29.5 Å². The van der Waals surface area contributed by atoms with Crippen molar-refractivity contribution in [3.8, 4) is 16.9 Å². The summed E-state index contributed by atoms with van der Waals surface area (Å²) in [5.74, 6) is -0.935. The van der Waals surface area contributed by atoms with E-state index in [1.165, 1.54) is 7.11 Å². The molecule has 40 heavy (non-hydrogen) atoms. The molecule has 9 heteroatoms. The van der Waals surface area contributed by atoms with Gasteiger partial charge in [-0.05, 0) is 59.3 Å². The predicted octanol–water partition coefficient (Wildman–Crippen LogP) is 2.24. The van der Waals surface area contributed by atoms with Gasteiger partial charge in [0.15, 0.2) is 0 Å². The van der Waals surface area contributed by atoms with E-state index in [1.54, 1.807) is 0 Å². The van der Waals surface area contributed by atoms with Crippen molar-refractivity contribution >= 4 is 17.8 Å². The number of carbonyl (C=O) groups excluding carboxylic acids is 3. The fourth-order valence-corrected chi connectivity index (χ4v) is 4.72. The Morgan fingerprint density at radius 1 is 0.925 bits per heavy atom. The normalized spacial score (nSPS) is 19.4. The standard InChI is InChI=1S/C31H36N4O5/c1-39-31(38)27-16-21-9-5-10-22(15-21)23-12-13-28(40-19-20-7-3-2-4-8-20)24(17-23)18-25(33)29(36)34-26(11-6-14-32)30(37)35-27/h2-5,7-10,12-13,15,17,25-27H,6,11,14,16,18-19,32-33H2,1H3,(H,34,36)(H,35,37)/t25?,26-,27?/m0/s1. The number of rotatable bonds is 7. The van der Waals surface area contributed by atoms with Crippen molar-refractivity contribution in [1.82, 2.24) is 10.6 Å². The summed E-state index contributed by atoms with van der Waals surface area (Å²) in [4.78, 5) is 39.1. The number of nitrogens with two attached hydrogens (primary N) is 2. The maximum absolute atomic E-state index is 13.3. The Morgan fingerprint density at radius 2 is 1.70 bits per heavy atom. The van der Waals surface area contributed by atoms with Crippen LogP contribution in [-0.4, -0.2) is 49.6 Å². The lowest BCUT2D eigenvalue weighted by molar-refractivity contribution is -0.145. The molecule has 0 saturated heterocycles. The van der Waals surface area contributed by atoms with Crippen LogP contribution in [-0.2, 0) is 38.6 Å². The van der Waals surface area contributed by atoms with Gasteiger partial charge in [0.25, 0.3) is 0 Å². The first-order chi connectivity index (χ1) is 19.4. The zero-order chi connectivity index (χ0) is 28.5. The second kappa shape index (κ2) is 13.7. The summed E-state index contributed by atoms with van der Waals surface area (Å²) in [6, 6.07) is 20.6. The Hall–Kier alpha value is -4.21. The number of esters is 1. The van der Waals surface area contributed by atoms with E-state index in [1.807, 2.05) is 72.8 Å². The fourth-order valence-electron chi connectivity index (χ4n) is 4.72. The van der Waals surface area contributed by atoms with E-state index in [4.69, 9.17) is 20.9 Å². The van der Waals surface area contributed by atoms with Gasteiger partial charge in [0.2, 0.25) is 11.8 Å². The SMILES string of the molecule is COC(=O)C1Cc2cccc(c2)-c2ccc(OCc3ccccc3)c(c2)CC(N)C(=O)N[C@@H](CCCN)C(=O)N1. The predicted molar refractivity (Wildman–Crippen MR) is 152 cm³/mol. The molecule has 0 aromatic heterocycles.